The summed E-state index contributed by atoms with van der Waals surface area (Å²) in [5.41, 5.74) is 1.62. The van der Waals surface area contributed by atoms with Gasteiger partial charge in [0, 0.05) is 12.1 Å². The number of nitrogens with one attached hydrogen (secondary N) is 2. The molecule has 0 aromatic rings. The Hall–Kier alpha value is -1.71. The molecule has 1 aliphatic carbocycles. The average Bonchev–Trinajstić information content (AvgIpc) is 2.56. The monoisotopic (exact) mass is 350 g/mol. The van der Waals surface area contributed by atoms with Crippen LogP contribution in [0.2, 0.25) is 0 Å². The highest BCUT2D eigenvalue weighted by molar-refractivity contribution is 5.14. The van der Waals surface area contributed by atoms with Crippen LogP contribution < -0.4 is 10.6 Å². The van der Waals surface area contributed by atoms with Crippen LogP contribution in [0.4, 0.5) is 4.39 Å². The maximum absolute atomic E-state index is 13.1. The largest absolute Gasteiger partial charge is 0.506 e. The van der Waals surface area contributed by atoms with Gasteiger partial charge in [-0.05, 0) is 70.9 Å². The molecule has 0 spiro atoms. The van der Waals surface area contributed by atoms with Crippen molar-refractivity contribution in [3.05, 3.63) is 47.8 Å². The van der Waals surface area contributed by atoms with E-state index in [1.807, 2.05) is 0 Å². The molecule has 0 fully saturated rings. The summed E-state index contributed by atoms with van der Waals surface area (Å²) in [6.45, 7) is 10.7. The number of rotatable bonds is 11. The quantitative estimate of drug-likeness (QED) is 0.191. The summed E-state index contributed by atoms with van der Waals surface area (Å²) in [5, 5.41) is 16.1. The fraction of sp³-hybridized carbons (Fsp3) is 0.619. The van der Waals surface area contributed by atoms with Crippen LogP contribution in [-0.2, 0) is 0 Å². The third-order valence-corrected chi connectivity index (χ3v) is 4.61. The van der Waals surface area contributed by atoms with Gasteiger partial charge in [-0.1, -0.05) is 31.6 Å². The molecule has 1 aliphatic rings. The van der Waals surface area contributed by atoms with Gasteiger partial charge in [0.25, 0.3) is 0 Å². The summed E-state index contributed by atoms with van der Waals surface area (Å²) < 4.78 is 13.1. The van der Waals surface area contributed by atoms with E-state index in [1.165, 1.54) is 11.6 Å². The van der Waals surface area contributed by atoms with E-state index in [2.05, 4.69) is 50.1 Å². The second-order valence-electron chi connectivity index (χ2n) is 7.24. The second kappa shape index (κ2) is 11.0. The first-order valence-corrected chi connectivity index (χ1v) is 9.48. The highest BCUT2D eigenvalue weighted by Crippen LogP contribution is 2.27. The van der Waals surface area contributed by atoms with E-state index >= 15 is 0 Å². The third kappa shape index (κ3) is 8.80. The Balaban J connectivity index is 2.29. The molecular formula is C21H35FN2O. The van der Waals surface area contributed by atoms with Crippen LogP contribution in [0.15, 0.2) is 47.8 Å². The molecule has 0 saturated heterocycles. The zero-order valence-electron chi connectivity index (χ0n) is 16.1. The second-order valence-corrected chi connectivity index (χ2v) is 7.24. The molecule has 0 amide bonds. The van der Waals surface area contributed by atoms with Gasteiger partial charge in [-0.2, -0.15) is 0 Å². The van der Waals surface area contributed by atoms with Gasteiger partial charge in [-0.3, -0.25) is 0 Å². The van der Waals surface area contributed by atoms with Gasteiger partial charge in [0.05, 0.1) is 5.82 Å². The van der Waals surface area contributed by atoms with E-state index in [0.717, 1.165) is 57.3 Å². The van der Waals surface area contributed by atoms with Gasteiger partial charge in [-0.25, -0.2) is 4.39 Å². The van der Waals surface area contributed by atoms with Gasteiger partial charge in [0.2, 0.25) is 0 Å². The summed E-state index contributed by atoms with van der Waals surface area (Å²) in [6, 6.07) is 0. The zero-order chi connectivity index (χ0) is 18.7. The van der Waals surface area contributed by atoms with Crippen molar-refractivity contribution in [2.24, 2.45) is 0 Å². The molecule has 0 radical (unpaired) electrons. The van der Waals surface area contributed by atoms with Crippen molar-refractivity contribution >= 4 is 0 Å². The first kappa shape index (κ1) is 21.3. The normalized spacial score (nSPS) is 21.7. The molecule has 0 aromatic heterocycles. The summed E-state index contributed by atoms with van der Waals surface area (Å²) in [5.74, 6) is 0.0318. The Morgan fingerprint density at radius 3 is 2.72 bits per heavy atom. The number of aliphatic hydroxyl groups excluding tert-OH is 1. The van der Waals surface area contributed by atoms with Gasteiger partial charge in [0.1, 0.15) is 5.76 Å². The number of hydrogen-bond donors (Lipinski definition) is 3. The minimum absolute atomic E-state index is 0.128. The van der Waals surface area contributed by atoms with E-state index in [0.29, 0.717) is 6.42 Å². The van der Waals surface area contributed by atoms with Crippen molar-refractivity contribution in [1.82, 2.24) is 10.6 Å². The van der Waals surface area contributed by atoms with Gasteiger partial charge < -0.3 is 15.7 Å². The molecule has 1 atom stereocenters. The number of allylic oxidation sites excluding steroid dienone is 4. The van der Waals surface area contributed by atoms with E-state index in [4.69, 9.17) is 5.11 Å². The Morgan fingerprint density at radius 1 is 1.36 bits per heavy atom. The van der Waals surface area contributed by atoms with E-state index in [-0.39, 0.29) is 5.54 Å². The minimum Gasteiger partial charge on any atom is -0.506 e. The molecule has 4 heteroatoms. The summed E-state index contributed by atoms with van der Waals surface area (Å²) in [6.07, 6.45) is 13.9. The molecule has 0 aliphatic heterocycles. The summed E-state index contributed by atoms with van der Waals surface area (Å²) >= 11 is 0. The average molecular weight is 351 g/mol. The highest BCUT2D eigenvalue weighted by Gasteiger charge is 2.26. The molecular weight excluding hydrogens is 315 g/mol. The van der Waals surface area contributed by atoms with Crippen LogP contribution in [0.5, 0.6) is 0 Å². The van der Waals surface area contributed by atoms with Crippen LogP contribution in [0, 0.1) is 0 Å². The lowest BCUT2D eigenvalue weighted by Crippen LogP contribution is -2.46. The maximum Gasteiger partial charge on any atom is 0.160 e. The van der Waals surface area contributed by atoms with Crippen LogP contribution in [0.1, 0.15) is 72.1 Å². The zero-order valence-corrected chi connectivity index (χ0v) is 16.1. The lowest BCUT2D eigenvalue weighted by Gasteiger charge is -2.35. The summed E-state index contributed by atoms with van der Waals surface area (Å²) in [7, 11) is 0. The van der Waals surface area contributed by atoms with Crippen molar-refractivity contribution in [2.45, 2.75) is 77.7 Å². The van der Waals surface area contributed by atoms with E-state index in [1.54, 1.807) is 0 Å². The predicted octanol–water partition coefficient (Wildman–Crippen LogP) is 5.79. The molecule has 3 N–H and O–H groups in total. The summed E-state index contributed by atoms with van der Waals surface area (Å²) in [4.78, 5) is 0. The van der Waals surface area contributed by atoms with Crippen molar-refractivity contribution in [3.8, 4) is 0 Å². The Labute approximate surface area is 152 Å². The van der Waals surface area contributed by atoms with Crippen LogP contribution >= 0.6 is 0 Å². The molecule has 142 valence electrons. The smallest absolute Gasteiger partial charge is 0.160 e. The fourth-order valence-corrected chi connectivity index (χ4v) is 2.90. The lowest BCUT2D eigenvalue weighted by atomic mass is 9.84. The van der Waals surface area contributed by atoms with Crippen molar-refractivity contribution < 1.29 is 9.50 Å². The van der Waals surface area contributed by atoms with Gasteiger partial charge in [-0.15, -0.1) is 0 Å². The molecule has 0 heterocycles. The molecule has 0 aromatic carbocycles. The molecule has 25 heavy (non-hydrogen) atoms. The number of unbranched alkanes of at least 4 members (excludes halogenated alkanes) is 3. The molecule has 1 rings (SSSR count). The Bertz CT molecular complexity index is 522. The first-order valence-electron chi connectivity index (χ1n) is 9.48. The number of halogens is 1. The van der Waals surface area contributed by atoms with Crippen molar-refractivity contribution in [2.75, 3.05) is 6.54 Å². The molecule has 0 saturated carbocycles. The molecule has 3 nitrogen and oxygen atoms in total. The Morgan fingerprint density at radius 2 is 2.12 bits per heavy atom. The van der Waals surface area contributed by atoms with Crippen LogP contribution in [0.3, 0.4) is 0 Å². The van der Waals surface area contributed by atoms with Gasteiger partial charge >= 0.3 is 0 Å². The lowest BCUT2D eigenvalue weighted by molar-refractivity contribution is 0.339. The predicted molar refractivity (Wildman–Crippen MR) is 105 cm³/mol. The Kier molecular flexibility index (Phi) is 9.40. The van der Waals surface area contributed by atoms with E-state index < -0.39 is 11.6 Å². The topological polar surface area (TPSA) is 44.3 Å². The van der Waals surface area contributed by atoms with Crippen molar-refractivity contribution in [3.63, 3.8) is 0 Å². The van der Waals surface area contributed by atoms with Crippen LogP contribution in [0.25, 0.3) is 0 Å². The van der Waals surface area contributed by atoms with Gasteiger partial charge in [0.15, 0.2) is 5.83 Å². The standard InChI is InChI=1S/C21H35FN2O/c1-5-10-20(24-21(4)14-12-17(2)13-15-21)23-16-9-7-6-8-11-19(22)18(3)25/h10-12,23-25H,3,5-9,13-16H2,1-2,4H3/b19-11-,20-10-. The van der Waals surface area contributed by atoms with E-state index in [9.17, 15) is 4.39 Å². The number of hydrogen-bond acceptors (Lipinski definition) is 3. The third-order valence-electron chi connectivity index (χ3n) is 4.61. The number of aliphatic hydroxyl groups is 1. The molecule has 0 bridgehead atoms. The fourth-order valence-electron chi connectivity index (χ4n) is 2.90. The van der Waals surface area contributed by atoms with Crippen molar-refractivity contribution in [1.29, 1.82) is 0 Å². The minimum atomic E-state index is -0.611. The highest BCUT2D eigenvalue weighted by atomic mass is 19.1. The SMILES string of the molecule is C=C(O)/C(F)=C/CCCCCN/C(=C/CC)NC1(C)CC=C(C)CC1. The van der Waals surface area contributed by atoms with Crippen LogP contribution in [-0.4, -0.2) is 17.2 Å². The maximum atomic E-state index is 13.1. The first-order chi connectivity index (χ1) is 11.9. The molecule has 1 unspecified atom stereocenters.